The quantitative estimate of drug-likeness (QED) is 0.924. The molecule has 114 valence electrons. The molecular formula is C17H23FN2O. The Balaban J connectivity index is 1.73. The summed E-state index contributed by atoms with van der Waals surface area (Å²) in [7, 11) is 0. The number of benzene rings is 1. The van der Waals surface area contributed by atoms with Crippen molar-refractivity contribution in [3.63, 3.8) is 0 Å². The van der Waals surface area contributed by atoms with Gasteiger partial charge >= 0.3 is 0 Å². The highest BCUT2D eigenvalue weighted by Crippen LogP contribution is 2.30. The van der Waals surface area contributed by atoms with E-state index < -0.39 is 0 Å². The number of nitrogens with zero attached hydrogens (tertiary/aromatic N) is 1. The Morgan fingerprint density at radius 2 is 2.19 bits per heavy atom. The predicted octanol–water partition coefficient (Wildman–Crippen LogP) is 2.70. The second-order valence-electron chi connectivity index (χ2n) is 6.38. The van der Waals surface area contributed by atoms with Gasteiger partial charge in [-0.15, -0.1) is 0 Å². The standard InChI is InChI=1S/C17H23FN2O/c1-12-4-3-9-19-16(12)17(21)20(15-7-8-15)11-13-5-2-6-14(18)10-13/h2,5-6,10,12,15-16,19H,3-4,7-9,11H2,1H3. The largest absolute Gasteiger partial charge is 0.334 e. The van der Waals surface area contributed by atoms with Crippen molar-refractivity contribution in [2.75, 3.05) is 6.54 Å². The van der Waals surface area contributed by atoms with Gasteiger partial charge in [0.15, 0.2) is 0 Å². The van der Waals surface area contributed by atoms with E-state index in [1.165, 1.54) is 12.1 Å². The van der Waals surface area contributed by atoms with Crippen molar-refractivity contribution >= 4 is 5.91 Å². The first kappa shape index (κ1) is 14.5. The van der Waals surface area contributed by atoms with Crippen LogP contribution in [0.4, 0.5) is 4.39 Å². The van der Waals surface area contributed by atoms with Crippen LogP contribution in [0.25, 0.3) is 0 Å². The Hall–Kier alpha value is -1.42. The van der Waals surface area contributed by atoms with Crippen LogP contribution >= 0.6 is 0 Å². The average molecular weight is 290 g/mol. The molecule has 2 unspecified atom stereocenters. The van der Waals surface area contributed by atoms with Gasteiger partial charge in [0.25, 0.3) is 0 Å². The van der Waals surface area contributed by atoms with Gasteiger partial charge in [-0.1, -0.05) is 19.1 Å². The minimum absolute atomic E-state index is 0.0760. The number of carbonyl (C=O) groups excluding carboxylic acids is 1. The van der Waals surface area contributed by atoms with E-state index in [-0.39, 0.29) is 17.8 Å². The van der Waals surface area contributed by atoms with Gasteiger partial charge in [0, 0.05) is 12.6 Å². The summed E-state index contributed by atoms with van der Waals surface area (Å²) in [6.45, 7) is 3.58. The van der Waals surface area contributed by atoms with Gasteiger partial charge in [-0.25, -0.2) is 4.39 Å². The summed E-state index contributed by atoms with van der Waals surface area (Å²) in [5.74, 6) is 0.328. The van der Waals surface area contributed by atoms with Gasteiger partial charge in [0.05, 0.1) is 6.04 Å². The summed E-state index contributed by atoms with van der Waals surface area (Å²) >= 11 is 0. The zero-order valence-electron chi connectivity index (χ0n) is 12.5. The van der Waals surface area contributed by atoms with Crippen LogP contribution in [0.5, 0.6) is 0 Å². The minimum atomic E-state index is -0.236. The van der Waals surface area contributed by atoms with E-state index in [1.54, 1.807) is 6.07 Å². The smallest absolute Gasteiger partial charge is 0.240 e. The first-order valence-electron chi connectivity index (χ1n) is 7.93. The maximum Gasteiger partial charge on any atom is 0.240 e. The van der Waals surface area contributed by atoms with Crippen LogP contribution < -0.4 is 5.32 Å². The van der Waals surface area contributed by atoms with E-state index in [9.17, 15) is 9.18 Å². The molecule has 0 bridgehead atoms. The van der Waals surface area contributed by atoms with Crippen molar-refractivity contribution in [1.29, 1.82) is 0 Å². The third-order valence-corrected chi connectivity index (χ3v) is 4.55. The van der Waals surface area contributed by atoms with Crippen LogP contribution in [0.1, 0.15) is 38.2 Å². The van der Waals surface area contributed by atoms with Crippen molar-refractivity contribution < 1.29 is 9.18 Å². The maximum absolute atomic E-state index is 13.3. The highest BCUT2D eigenvalue weighted by atomic mass is 19.1. The summed E-state index contributed by atoms with van der Waals surface area (Å²) in [5, 5.41) is 3.36. The molecule has 1 heterocycles. The first-order chi connectivity index (χ1) is 10.1. The molecule has 3 rings (SSSR count). The Kier molecular flexibility index (Phi) is 4.24. The Labute approximate surface area is 125 Å². The van der Waals surface area contributed by atoms with Crippen LogP contribution in [0.2, 0.25) is 0 Å². The lowest BCUT2D eigenvalue weighted by Crippen LogP contribution is -2.52. The monoisotopic (exact) mass is 290 g/mol. The molecule has 0 aromatic heterocycles. The van der Waals surface area contributed by atoms with Gasteiger partial charge in [-0.2, -0.15) is 0 Å². The number of nitrogens with one attached hydrogen (secondary N) is 1. The third kappa shape index (κ3) is 3.43. The summed E-state index contributed by atoms with van der Waals surface area (Å²) in [6, 6.07) is 6.84. The lowest BCUT2D eigenvalue weighted by atomic mass is 9.91. The second kappa shape index (κ2) is 6.14. The van der Waals surface area contributed by atoms with Crippen molar-refractivity contribution in [3.05, 3.63) is 35.6 Å². The molecule has 2 fully saturated rings. The van der Waals surface area contributed by atoms with E-state index >= 15 is 0 Å². The zero-order chi connectivity index (χ0) is 14.8. The molecule has 21 heavy (non-hydrogen) atoms. The first-order valence-corrected chi connectivity index (χ1v) is 7.93. The van der Waals surface area contributed by atoms with Gasteiger partial charge in [-0.05, 0) is 55.8 Å². The maximum atomic E-state index is 13.3. The Bertz CT molecular complexity index is 515. The topological polar surface area (TPSA) is 32.3 Å². The molecular weight excluding hydrogens is 267 g/mol. The summed E-state index contributed by atoms with van der Waals surface area (Å²) < 4.78 is 13.3. The molecule has 1 aromatic rings. The number of amides is 1. The lowest BCUT2D eigenvalue weighted by molar-refractivity contribution is -0.136. The SMILES string of the molecule is CC1CCCNC1C(=O)N(Cc1cccc(F)c1)C1CC1. The minimum Gasteiger partial charge on any atom is -0.334 e. The molecule has 1 N–H and O–H groups in total. The molecule has 4 heteroatoms. The van der Waals surface area contributed by atoms with E-state index in [0.29, 0.717) is 18.5 Å². The average Bonchev–Trinajstić information content (AvgIpc) is 3.29. The van der Waals surface area contributed by atoms with Crippen LogP contribution in [0.3, 0.4) is 0 Å². The van der Waals surface area contributed by atoms with Crippen molar-refractivity contribution in [2.45, 2.75) is 51.2 Å². The van der Waals surface area contributed by atoms with Crippen molar-refractivity contribution in [3.8, 4) is 0 Å². The summed E-state index contributed by atoms with van der Waals surface area (Å²) in [6.07, 6.45) is 4.38. The molecule has 2 atom stereocenters. The highest BCUT2D eigenvalue weighted by Gasteiger charge is 2.38. The zero-order valence-corrected chi connectivity index (χ0v) is 12.5. The Morgan fingerprint density at radius 3 is 2.86 bits per heavy atom. The predicted molar refractivity (Wildman–Crippen MR) is 80.2 cm³/mol. The number of halogens is 1. The molecule has 0 radical (unpaired) electrons. The molecule has 1 aromatic carbocycles. The molecule has 3 nitrogen and oxygen atoms in total. The van der Waals surface area contributed by atoms with Crippen LogP contribution in [0.15, 0.2) is 24.3 Å². The number of hydrogen-bond acceptors (Lipinski definition) is 2. The van der Waals surface area contributed by atoms with Crippen LogP contribution in [0, 0.1) is 11.7 Å². The summed E-state index contributed by atoms with van der Waals surface area (Å²) in [5.41, 5.74) is 0.874. The van der Waals surface area contributed by atoms with E-state index in [0.717, 1.165) is 37.8 Å². The third-order valence-electron chi connectivity index (χ3n) is 4.55. The molecule has 0 spiro atoms. The number of carbonyl (C=O) groups is 1. The van der Waals surface area contributed by atoms with E-state index in [4.69, 9.17) is 0 Å². The molecule has 1 amide bonds. The summed E-state index contributed by atoms with van der Waals surface area (Å²) in [4.78, 5) is 14.8. The van der Waals surface area contributed by atoms with Gasteiger partial charge in [0.1, 0.15) is 5.82 Å². The van der Waals surface area contributed by atoms with Crippen molar-refractivity contribution in [2.24, 2.45) is 5.92 Å². The molecule has 2 aliphatic rings. The lowest BCUT2D eigenvalue weighted by Gasteiger charge is -2.34. The van der Waals surface area contributed by atoms with Crippen molar-refractivity contribution in [1.82, 2.24) is 10.2 Å². The van der Waals surface area contributed by atoms with Gasteiger partial charge in [0.2, 0.25) is 5.91 Å². The fraction of sp³-hybridized carbons (Fsp3) is 0.588. The van der Waals surface area contributed by atoms with E-state index in [2.05, 4.69) is 12.2 Å². The van der Waals surface area contributed by atoms with Gasteiger partial charge in [-0.3, -0.25) is 4.79 Å². The molecule has 1 saturated heterocycles. The molecule has 1 aliphatic carbocycles. The molecule has 1 saturated carbocycles. The highest BCUT2D eigenvalue weighted by molar-refractivity contribution is 5.83. The number of hydrogen-bond donors (Lipinski definition) is 1. The van der Waals surface area contributed by atoms with Crippen LogP contribution in [-0.4, -0.2) is 29.4 Å². The van der Waals surface area contributed by atoms with E-state index in [1.807, 2.05) is 11.0 Å². The van der Waals surface area contributed by atoms with Crippen LogP contribution in [-0.2, 0) is 11.3 Å². The fourth-order valence-electron chi connectivity index (χ4n) is 3.16. The normalized spacial score (nSPS) is 25.6. The fourth-order valence-corrected chi connectivity index (χ4v) is 3.16. The second-order valence-corrected chi connectivity index (χ2v) is 6.38. The van der Waals surface area contributed by atoms with Gasteiger partial charge < -0.3 is 10.2 Å². The Morgan fingerprint density at radius 1 is 1.38 bits per heavy atom. The molecule has 1 aliphatic heterocycles. The number of piperidine rings is 1. The number of rotatable bonds is 4.